The lowest BCUT2D eigenvalue weighted by molar-refractivity contribution is -0.384. The van der Waals surface area contributed by atoms with E-state index in [4.69, 9.17) is 4.74 Å². The summed E-state index contributed by atoms with van der Waals surface area (Å²) in [7, 11) is 1.53. The molecule has 6 nitrogen and oxygen atoms in total. The molecular weight excluding hydrogens is 258 g/mol. The molecule has 0 saturated carbocycles. The maximum atomic E-state index is 11.0. The van der Waals surface area contributed by atoms with Gasteiger partial charge in [-0.05, 0) is 26.3 Å². The zero-order chi connectivity index (χ0) is 14.5. The van der Waals surface area contributed by atoms with Crippen molar-refractivity contribution in [2.75, 3.05) is 31.6 Å². The lowest BCUT2D eigenvalue weighted by Gasteiger charge is -2.35. The number of likely N-dealkylation sites (N-methyl/N-ethyl adjacent to an activating group) is 1. The van der Waals surface area contributed by atoms with E-state index in [-0.39, 0.29) is 10.6 Å². The van der Waals surface area contributed by atoms with E-state index in [1.807, 2.05) is 6.07 Å². The van der Waals surface area contributed by atoms with E-state index >= 15 is 0 Å². The fraction of sp³-hybridized carbons (Fsp3) is 0.571. The number of ether oxygens (including phenoxy) is 1. The number of anilines is 1. The lowest BCUT2D eigenvalue weighted by Crippen LogP contribution is -2.46. The van der Waals surface area contributed by atoms with Gasteiger partial charge >= 0.3 is 0 Å². The third-order valence-corrected chi connectivity index (χ3v) is 3.71. The van der Waals surface area contributed by atoms with Gasteiger partial charge in [0.15, 0.2) is 0 Å². The molecule has 0 spiro atoms. The molecule has 0 radical (unpaired) electrons. The van der Waals surface area contributed by atoms with Crippen molar-refractivity contribution in [3.05, 3.63) is 28.3 Å². The van der Waals surface area contributed by atoms with Crippen LogP contribution in [0.25, 0.3) is 0 Å². The summed E-state index contributed by atoms with van der Waals surface area (Å²) in [6.07, 6.45) is 2.24. The normalized spacial score (nSPS) is 18.6. The molecule has 1 heterocycles. The smallest absolute Gasteiger partial charge is 0.275 e. The molecular formula is C14H21N3O3. The Morgan fingerprint density at radius 1 is 1.50 bits per heavy atom. The number of hydrogen-bond donors (Lipinski definition) is 1. The summed E-state index contributed by atoms with van der Waals surface area (Å²) in [5.74, 6) is 0.524. The fourth-order valence-electron chi connectivity index (χ4n) is 2.71. The van der Waals surface area contributed by atoms with E-state index in [1.54, 1.807) is 6.07 Å². The van der Waals surface area contributed by atoms with Crippen molar-refractivity contribution in [3.8, 4) is 5.75 Å². The lowest BCUT2D eigenvalue weighted by atomic mass is 10.0. The summed E-state index contributed by atoms with van der Waals surface area (Å²) >= 11 is 0. The van der Waals surface area contributed by atoms with E-state index in [0.717, 1.165) is 38.2 Å². The van der Waals surface area contributed by atoms with Crippen LogP contribution in [0.3, 0.4) is 0 Å². The summed E-state index contributed by atoms with van der Waals surface area (Å²) in [6, 6.07) is 5.32. The number of nitrogens with one attached hydrogen (secondary N) is 1. The monoisotopic (exact) mass is 279 g/mol. The van der Waals surface area contributed by atoms with Gasteiger partial charge in [-0.1, -0.05) is 0 Å². The number of methoxy groups -OCH3 is 1. The van der Waals surface area contributed by atoms with Crippen LogP contribution in [0.2, 0.25) is 0 Å². The third-order valence-electron chi connectivity index (χ3n) is 3.71. The Balaban J connectivity index is 2.32. The summed E-state index contributed by atoms with van der Waals surface area (Å²) in [4.78, 5) is 12.9. The van der Waals surface area contributed by atoms with Gasteiger partial charge in [0.1, 0.15) is 5.75 Å². The molecule has 1 N–H and O–H groups in total. The quantitative estimate of drug-likeness (QED) is 0.661. The number of rotatable bonds is 5. The first-order chi connectivity index (χ1) is 9.65. The van der Waals surface area contributed by atoms with Crippen LogP contribution in [0.5, 0.6) is 5.75 Å². The molecule has 110 valence electrons. The Kier molecular flexibility index (Phi) is 4.79. The molecule has 1 aliphatic rings. The molecule has 0 aromatic heterocycles. The van der Waals surface area contributed by atoms with Crippen molar-refractivity contribution >= 4 is 11.4 Å². The van der Waals surface area contributed by atoms with E-state index in [0.29, 0.717) is 11.8 Å². The maximum absolute atomic E-state index is 11.0. The minimum absolute atomic E-state index is 0.0709. The Hall–Kier alpha value is -1.82. The first kappa shape index (κ1) is 14.6. The molecule has 1 aliphatic heterocycles. The highest BCUT2D eigenvalue weighted by Crippen LogP contribution is 2.30. The van der Waals surface area contributed by atoms with Crippen LogP contribution in [0.4, 0.5) is 11.4 Å². The number of piperidine rings is 1. The van der Waals surface area contributed by atoms with Gasteiger partial charge in [0, 0.05) is 37.0 Å². The SMILES string of the molecule is CCN(c1cc(OC)cc([N+](=O)[O-])c1)C1CCCNC1. The molecule has 0 bridgehead atoms. The van der Waals surface area contributed by atoms with Crippen LogP contribution in [0, 0.1) is 10.1 Å². The van der Waals surface area contributed by atoms with Crippen molar-refractivity contribution < 1.29 is 9.66 Å². The minimum Gasteiger partial charge on any atom is -0.496 e. The Morgan fingerprint density at radius 2 is 2.30 bits per heavy atom. The highest BCUT2D eigenvalue weighted by atomic mass is 16.6. The van der Waals surface area contributed by atoms with Crippen LogP contribution >= 0.6 is 0 Å². The molecule has 6 heteroatoms. The first-order valence-corrected chi connectivity index (χ1v) is 6.96. The molecule has 1 atom stereocenters. The second-order valence-electron chi connectivity index (χ2n) is 4.93. The zero-order valence-corrected chi connectivity index (χ0v) is 12.0. The number of nitro benzene ring substituents is 1. The number of hydrogen-bond acceptors (Lipinski definition) is 5. The molecule has 20 heavy (non-hydrogen) atoms. The standard InChI is InChI=1S/C14H21N3O3/c1-3-16(11-5-4-6-15-10-11)12-7-13(17(18)19)9-14(8-12)20-2/h7-9,11,15H,3-6,10H2,1-2H3. The topological polar surface area (TPSA) is 67.6 Å². The van der Waals surface area contributed by atoms with Crippen LogP contribution < -0.4 is 15.0 Å². The second kappa shape index (κ2) is 6.56. The Bertz CT molecular complexity index is 473. The van der Waals surface area contributed by atoms with Gasteiger partial charge in [0.25, 0.3) is 5.69 Å². The predicted molar refractivity (Wildman–Crippen MR) is 78.6 cm³/mol. The van der Waals surface area contributed by atoms with E-state index < -0.39 is 0 Å². The van der Waals surface area contributed by atoms with Crippen molar-refractivity contribution in [1.29, 1.82) is 0 Å². The zero-order valence-electron chi connectivity index (χ0n) is 12.0. The van der Waals surface area contributed by atoms with Gasteiger partial charge in [-0.15, -0.1) is 0 Å². The molecule has 1 aromatic carbocycles. The summed E-state index contributed by atoms with van der Waals surface area (Å²) in [5.41, 5.74) is 0.925. The number of benzene rings is 1. The van der Waals surface area contributed by atoms with Crippen molar-refractivity contribution in [1.82, 2.24) is 5.32 Å². The number of non-ortho nitro benzene ring substituents is 1. The highest BCUT2D eigenvalue weighted by molar-refractivity contribution is 5.58. The van der Waals surface area contributed by atoms with Gasteiger partial charge in [-0.2, -0.15) is 0 Å². The fourth-order valence-corrected chi connectivity index (χ4v) is 2.71. The highest BCUT2D eigenvalue weighted by Gasteiger charge is 2.22. The van der Waals surface area contributed by atoms with E-state index in [1.165, 1.54) is 13.2 Å². The van der Waals surface area contributed by atoms with Gasteiger partial charge in [0.2, 0.25) is 0 Å². The molecule has 1 fully saturated rings. The number of nitro groups is 1. The summed E-state index contributed by atoms with van der Waals surface area (Å²) in [6.45, 7) is 4.85. The third kappa shape index (κ3) is 3.19. The molecule has 1 aromatic rings. The van der Waals surface area contributed by atoms with Gasteiger partial charge < -0.3 is 15.0 Å². The van der Waals surface area contributed by atoms with Gasteiger partial charge in [-0.3, -0.25) is 10.1 Å². The van der Waals surface area contributed by atoms with Crippen molar-refractivity contribution in [3.63, 3.8) is 0 Å². The van der Waals surface area contributed by atoms with E-state index in [2.05, 4.69) is 17.1 Å². The summed E-state index contributed by atoms with van der Waals surface area (Å²) < 4.78 is 5.18. The van der Waals surface area contributed by atoms with Crippen LogP contribution in [-0.2, 0) is 0 Å². The van der Waals surface area contributed by atoms with Gasteiger partial charge in [0.05, 0.1) is 18.1 Å². The average Bonchev–Trinajstić information content (AvgIpc) is 2.48. The second-order valence-corrected chi connectivity index (χ2v) is 4.93. The molecule has 0 amide bonds. The first-order valence-electron chi connectivity index (χ1n) is 6.96. The van der Waals surface area contributed by atoms with Crippen LogP contribution in [0.1, 0.15) is 19.8 Å². The molecule has 1 saturated heterocycles. The van der Waals surface area contributed by atoms with Crippen LogP contribution in [-0.4, -0.2) is 37.7 Å². The maximum Gasteiger partial charge on any atom is 0.275 e. The predicted octanol–water partition coefficient (Wildman–Crippen LogP) is 2.18. The number of nitrogens with zero attached hydrogens (tertiary/aromatic N) is 2. The Labute approximate surface area is 118 Å². The van der Waals surface area contributed by atoms with Crippen molar-refractivity contribution in [2.24, 2.45) is 0 Å². The average molecular weight is 279 g/mol. The molecule has 0 aliphatic carbocycles. The summed E-state index contributed by atoms with van der Waals surface area (Å²) in [5, 5.41) is 14.4. The molecule has 2 rings (SSSR count). The largest absolute Gasteiger partial charge is 0.496 e. The van der Waals surface area contributed by atoms with Gasteiger partial charge in [-0.25, -0.2) is 0 Å². The van der Waals surface area contributed by atoms with E-state index in [9.17, 15) is 10.1 Å². The van der Waals surface area contributed by atoms with Crippen LogP contribution in [0.15, 0.2) is 18.2 Å². The van der Waals surface area contributed by atoms with Crippen molar-refractivity contribution in [2.45, 2.75) is 25.8 Å². The minimum atomic E-state index is -0.376. The Morgan fingerprint density at radius 3 is 2.85 bits per heavy atom. The molecule has 1 unspecified atom stereocenters.